The summed E-state index contributed by atoms with van der Waals surface area (Å²) in [7, 11) is 0. The van der Waals surface area contributed by atoms with E-state index in [2.05, 4.69) is 4.98 Å². The molecule has 2 aliphatic heterocycles. The summed E-state index contributed by atoms with van der Waals surface area (Å²) in [6, 6.07) is 5.23. The van der Waals surface area contributed by atoms with E-state index in [-0.39, 0.29) is 29.2 Å². The molecule has 10 heteroatoms. The Balaban J connectivity index is 1.43. The largest absolute Gasteiger partial charge is 0.372 e. The predicted octanol–water partition coefficient (Wildman–Crippen LogP) is 4.70. The van der Waals surface area contributed by atoms with E-state index < -0.39 is 6.43 Å². The van der Waals surface area contributed by atoms with Gasteiger partial charge in [0.2, 0.25) is 0 Å². The van der Waals surface area contributed by atoms with Gasteiger partial charge in [-0.3, -0.25) is 9.67 Å². The number of fused-ring (bicyclic) bond motifs is 2. The monoisotopic (exact) mass is 461 g/mol. The number of urea groups is 1. The Labute approximate surface area is 188 Å². The highest BCUT2D eigenvalue weighted by molar-refractivity contribution is 7.19. The lowest BCUT2D eigenvalue weighted by Gasteiger charge is -2.40. The second kappa shape index (κ2) is 8.08. The van der Waals surface area contributed by atoms with Gasteiger partial charge in [-0.2, -0.15) is 5.10 Å². The third-order valence-corrected chi connectivity index (χ3v) is 7.12. The smallest absolute Gasteiger partial charge is 0.320 e. The van der Waals surface area contributed by atoms with Crippen LogP contribution in [0.1, 0.15) is 43.8 Å². The first-order valence-corrected chi connectivity index (χ1v) is 11.6. The standard InChI is InChI=1S/C22H25F2N5O2S/c1-12-8-27(22(30)28-9-13(2)31-14(3)10-28)11-15-6-17(26-29(12)15)16-4-5-25-18-7-19(21(23)24)32-20(16)18/h4-7,12-14,21H,8-11H2,1-3H3/t12-,13-,14+/m0/s1. The number of amides is 2. The van der Waals surface area contributed by atoms with Crippen LogP contribution in [0.15, 0.2) is 24.4 Å². The lowest BCUT2D eigenvalue weighted by atomic mass is 10.1. The number of hydrogen-bond acceptors (Lipinski definition) is 5. The van der Waals surface area contributed by atoms with E-state index in [1.165, 1.54) is 6.07 Å². The summed E-state index contributed by atoms with van der Waals surface area (Å²) in [5.41, 5.74) is 2.98. The van der Waals surface area contributed by atoms with Gasteiger partial charge in [0.05, 0.1) is 51.3 Å². The van der Waals surface area contributed by atoms with Crippen LogP contribution in [0, 0.1) is 0 Å². The van der Waals surface area contributed by atoms with Crippen molar-refractivity contribution in [3.05, 3.63) is 35.0 Å². The Bertz CT molecular complexity index is 1150. The molecule has 0 aromatic carbocycles. The zero-order valence-corrected chi connectivity index (χ0v) is 19.0. The summed E-state index contributed by atoms with van der Waals surface area (Å²) in [5.74, 6) is 0. The second-order valence-electron chi connectivity index (χ2n) is 8.66. The molecule has 5 rings (SSSR count). The molecule has 7 nitrogen and oxygen atoms in total. The van der Waals surface area contributed by atoms with Crippen molar-refractivity contribution in [2.75, 3.05) is 19.6 Å². The number of aromatic nitrogens is 3. The molecule has 2 aliphatic rings. The van der Waals surface area contributed by atoms with Gasteiger partial charge in [0.1, 0.15) is 0 Å². The summed E-state index contributed by atoms with van der Waals surface area (Å²) in [6.07, 6.45) is -0.875. The number of pyridine rings is 1. The Morgan fingerprint density at radius 1 is 1.16 bits per heavy atom. The molecule has 0 unspecified atom stereocenters. The summed E-state index contributed by atoms with van der Waals surface area (Å²) >= 11 is 1.05. The van der Waals surface area contributed by atoms with Crippen molar-refractivity contribution in [3.63, 3.8) is 0 Å². The molecule has 0 radical (unpaired) electrons. The van der Waals surface area contributed by atoms with Crippen molar-refractivity contribution < 1.29 is 18.3 Å². The minimum atomic E-state index is -2.53. The van der Waals surface area contributed by atoms with E-state index in [9.17, 15) is 13.6 Å². The third-order valence-electron chi connectivity index (χ3n) is 5.95. The molecule has 0 saturated carbocycles. The van der Waals surface area contributed by atoms with E-state index in [0.29, 0.717) is 42.1 Å². The highest BCUT2D eigenvalue weighted by atomic mass is 32.1. The number of morpholine rings is 1. The first-order chi connectivity index (χ1) is 15.3. The van der Waals surface area contributed by atoms with Gasteiger partial charge in [-0.15, -0.1) is 11.3 Å². The topological polar surface area (TPSA) is 63.5 Å². The molecule has 1 saturated heterocycles. The van der Waals surface area contributed by atoms with Crippen LogP contribution in [0.2, 0.25) is 0 Å². The Kier molecular flexibility index (Phi) is 5.37. The van der Waals surface area contributed by atoms with E-state index in [1.807, 2.05) is 47.4 Å². The lowest BCUT2D eigenvalue weighted by Crippen LogP contribution is -2.54. The minimum absolute atomic E-state index is 0.00281. The van der Waals surface area contributed by atoms with E-state index in [0.717, 1.165) is 22.6 Å². The molecule has 3 atom stereocenters. The van der Waals surface area contributed by atoms with Crippen molar-refractivity contribution in [3.8, 4) is 11.3 Å². The van der Waals surface area contributed by atoms with E-state index in [1.54, 1.807) is 6.20 Å². The Morgan fingerprint density at radius 3 is 2.62 bits per heavy atom. The second-order valence-corrected chi connectivity index (χ2v) is 9.75. The summed E-state index contributed by atoms with van der Waals surface area (Å²) < 4.78 is 34.8. The van der Waals surface area contributed by atoms with Crippen LogP contribution >= 0.6 is 11.3 Å². The molecular weight excluding hydrogens is 436 g/mol. The van der Waals surface area contributed by atoms with Crippen LogP contribution in [-0.2, 0) is 11.3 Å². The van der Waals surface area contributed by atoms with Crippen molar-refractivity contribution in [1.29, 1.82) is 0 Å². The number of rotatable bonds is 2. The van der Waals surface area contributed by atoms with Crippen LogP contribution in [0.3, 0.4) is 0 Å². The maximum absolute atomic E-state index is 13.2. The highest BCUT2D eigenvalue weighted by Gasteiger charge is 2.33. The number of thiophene rings is 1. The van der Waals surface area contributed by atoms with Gasteiger partial charge in [0.25, 0.3) is 6.43 Å². The van der Waals surface area contributed by atoms with Gasteiger partial charge in [-0.25, -0.2) is 13.6 Å². The van der Waals surface area contributed by atoms with Crippen LogP contribution < -0.4 is 0 Å². The summed E-state index contributed by atoms with van der Waals surface area (Å²) in [6.45, 7) is 8.18. The molecular formula is C22H25F2N5O2S. The van der Waals surface area contributed by atoms with Crippen LogP contribution in [-0.4, -0.2) is 62.4 Å². The molecule has 2 amide bonds. The van der Waals surface area contributed by atoms with E-state index in [4.69, 9.17) is 9.84 Å². The maximum Gasteiger partial charge on any atom is 0.320 e. The highest BCUT2D eigenvalue weighted by Crippen LogP contribution is 2.38. The predicted molar refractivity (Wildman–Crippen MR) is 118 cm³/mol. The van der Waals surface area contributed by atoms with Crippen LogP contribution in [0.5, 0.6) is 0 Å². The minimum Gasteiger partial charge on any atom is -0.372 e. The zero-order chi connectivity index (χ0) is 22.6. The average Bonchev–Trinajstić information content (AvgIpc) is 3.37. The molecule has 170 valence electrons. The number of hydrogen-bond donors (Lipinski definition) is 0. The SMILES string of the molecule is C[C@@H]1CN(C(=O)N2Cc3cc(-c4ccnc5cc(C(F)F)sc45)nn3[C@@H](C)C2)C[C@H](C)O1. The van der Waals surface area contributed by atoms with Gasteiger partial charge >= 0.3 is 6.03 Å². The number of ether oxygens (including phenoxy) is 1. The van der Waals surface area contributed by atoms with Gasteiger partial charge in [-0.1, -0.05) is 0 Å². The Morgan fingerprint density at radius 2 is 1.91 bits per heavy atom. The molecule has 3 aromatic heterocycles. The third kappa shape index (κ3) is 3.75. The number of alkyl halides is 2. The van der Waals surface area contributed by atoms with Gasteiger partial charge in [0.15, 0.2) is 0 Å². The van der Waals surface area contributed by atoms with Crippen molar-refractivity contribution in [2.24, 2.45) is 0 Å². The summed E-state index contributed by atoms with van der Waals surface area (Å²) in [4.78, 5) is 21.2. The number of carbonyl (C=O) groups excluding carboxylic acids is 1. The molecule has 0 N–H and O–H groups in total. The normalized spacial score (nSPS) is 23.8. The van der Waals surface area contributed by atoms with Crippen molar-refractivity contribution in [2.45, 2.75) is 52.0 Å². The fourth-order valence-corrected chi connectivity index (χ4v) is 5.66. The number of nitrogens with zero attached hydrogens (tertiary/aromatic N) is 5. The fraction of sp³-hybridized carbons (Fsp3) is 0.500. The lowest BCUT2D eigenvalue weighted by molar-refractivity contribution is -0.0591. The van der Waals surface area contributed by atoms with E-state index >= 15 is 0 Å². The first-order valence-electron chi connectivity index (χ1n) is 10.7. The maximum atomic E-state index is 13.2. The van der Waals surface area contributed by atoms with Crippen LogP contribution in [0.25, 0.3) is 21.5 Å². The number of halogens is 2. The number of carbonyl (C=O) groups is 1. The van der Waals surface area contributed by atoms with Gasteiger partial charge in [0, 0.05) is 31.4 Å². The molecule has 0 spiro atoms. The molecule has 1 fully saturated rings. The van der Waals surface area contributed by atoms with Gasteiger partial charge < -0.3 is 14.5 Å². The Hall–Kier alpha value is -2.59. The fourth-order valence-electron chi connectivity index (χ4n) is 4.67. The molecule has 3 aromatic rings. The average molecular weight is 462 g/mol. The quantitative estimate of drug-likeness (QED) is 0.555. The zero-order valence-electron chi connectivity index (χ0n) is 18.2. The van der Waals surface area contributed by atoms with Gasteiger partial charge in [-0.05, 0) is 39.0 Å². The molecule has 0 aliphatic carbocycles. The van der Waals surface area contributed by atoms with Crippen LogP contribution in [0.4, 0.5) is 13.6 Å². The molecule has 5 heterocycles. The summed E-state index contributed by atoms with van der Waals surface area (Å²) in [5, 5.41) is 4.77. The van der Waals surface area contributed by atoms with Crippen molar-refractivity contribution >= 4 is 27.6 Å². The first kappa shape index (κ1) is 21.3. The molecule has 0 bridgehead atoms. The molecule has 32 heavy (non-hydrogen) atoms. The van der Waals surface area contributed by atoms with Crippen molar-refractivity contribution in [1.82, 2.24) is 24.6 Å².